The molecule has 0 radical (unpaired) electrons. The lowest BCUT2D eigenvalue weighted by atomic mass is 9.99. The van der Waals surface area contributed by atoms with Crippen LogP contribution < -0.4 is 16.0 Å². The van der Waals surface area contributed by atoms with Gasteiger partial charge in [0.15, 0.2) is 0 Å². The fourth-order valence-corrected chi connectivity index (χ4v) is 4.84. The zero-order valence-corrected chi connectivity index (χ0v) is 17.0. The first kappa shape index (κ1) is 20.8. The first-order valence-electron chi connectivity index (χ1n) is 9.32. The van der Waals surface area contributed by atoms with Crippen molar-refractivity contribution in [1.29, 1.82) is 0 Å². The Bertz CT molecular complexity index is 876. The van der Waals surface area contributed by atoms with Crippen molar-refractivity contribution in [2.45, 2.75) is 38.6 Å². The van der Waals surface area contributed by atoms with Gasteiger partial charge in [0.05, 0.1) is 17.1 Å². The highest BCUT2D eigenvalue weighted by Gasteiger charge is 2.19. The third-order valence-corrected chi connectivity index (χ3v) is 6.35. The average Bonchev–Trinajstić information content (AvgIpc) is 3.13. The molecule has 0 atom stereocenters. The highest BCUT2D eigenvalue weighted by Crippen LogP contribution is 2.29. The summed E-state index contributed by atoms with van der Waals surface area (Å²) in [6.07, 6.45) is 4.98. The lowest BCUT2D eigenvalue weighted by molar-refractivity contribution is -0.115. The average molecular weight is 424 g/mol. The maximum atomic E-state index is 14.6. The van der Waals surface area contributed by atoms with Crippen LogP contribution in [0.15, 0.2) is 18.2 Å². The summed E-state index contributed by atoms with van der Waals surface area (Å²) in [6, 6.07) is 5.34. The van der Waals surface area contributed by atoms with E-state index in [1.165, 1.54) is 28.2 Å². The second kappa shape index (κ2) is 9.03. The predicted molar refractivity (Wildman–Crippen MR) is 111 cm³/mol. The molecular weight excluding hydrogens is 401 g/mol. The summed E-state index contributed by atoms with van der Waals surface area (Å²) in [6.45, 7) is 1.18. The second-order valence-electron chi connectivity index (χ2n) is 6.99. The van der Waals surface area contributed by atoms with Crippen LogP contribution in [0.25, 0.3) is 0 Å². The molecule has 28 heavy (non-hydrogen) atoms. The molecule has 2 heterocycles. The number of benzene rings is 1. The molecule has 1 aromatic heterocycles. The minimum atomic E-state index is -0.433. The van der Waals surface area contributed by atoms with Crippen molar-refractivity contribution >= 4 is 41.2 Å². The van der Waals surface area contributed by atoms with E-state index in [-0.39, 0.29) is 36.4 Å². The maximum Gasteiger partial charge on any atom is 0.261 e. The van der Waals surface area contributed by atoms with Crippen molar-refractivity contribution in [3.63, 3.8) is 0 Å². The van der Waals surface area contributed by atoms with Crippen molar-refractivity contribution in [3.8, 4) is 0 Å². The number of rotatable bonds is 4. The molecule has 3 N–H and O–H groups in total. The number of halogens is 2. The van der Waals surface area contributed by atoms with Gasteiger partial charge in [0, 0.05) is 11.4 Å². The van der Waals surface area contributed by atoms with Crippen LogP contribution in [0.5, 0.6) is 0 Å². The Labute approximate surface area is 173 Å². The summed E-state index contributed by atoms with van der Waals surface area (Å²) in [5, 5.41) is 8.40. The number of fused-ring (bicyclic) bond motifs is 2. The molecule has 2 aromatic rings. The predicted octanol–water partition coefficient (Wildman–Crippen LogP) is 3.20. The molecule has 1 aliphatic carbocycles. The molecule has 8 heteroatoms. The summed E-state index contributed by atoms with van der Waals surface area (Å²) in [4.78, 5) is 26.4. The van der Waals surface area contributed by atoms with E-state index < -0.39 is 5.91 Å². The molecule has 2 amide bonds. The molecule has 1 aliphatic heterocycles. The molecule has 0 saturated heterocycles. The SMILES string of the molecule is Cl.O=C(CNC(=O)c1cc2c(s1)CCCC2)Nc1ccc2c(c1F)CCNC2. The molecule has 1 aromatic carbocycles. The molecule has 0 fully saturated rings. The van der Waals surface area contributed by atoms with Gasteiger partial charge in [-0.15, -0.1) is 23.7 Å². The lowest BCUT2D eigenvalue weighted by Crippen LogP contribution is -2.33. The fraction of sp³-hybridized carbons (Fsp3) is 0.400. The number of hydrogen-bond donors (Lipinski definition) is 3. The van der Waals surface area contributed by atoms with E-state index in [0.29, 0.717) is 23.4 Å². The van der Waals surface area contributed by atoms with Crippen LogP contribution in [-0.2, 0) is 30.6 Å². The molecule has 0 spiro atoms. The van der Waals surface area contributed by atoms with Gasteiger partial charge in [-0.1, -0.05) is 6.07 Å². The number of anilines is 1. The van der Waals surface area contributed by atoms with Crippen molar-refractivity contribution in [2.24, 2.45) is 0 Å². The van der Waals surface area contributed by atoms with Gasteiger partial charge in [-0.05, 0) is 67.5 Å². The van der Waals surface area contributed by atoms with Crippen molar-refractivity contribution in [2.75, 3.05) is 18.4 Å². The summed E-state index contributed by atoms with van der Waals surface area (Å²) in [5.41, 5.74) is 3.00. The number of nitrogens with one attached hydrogen (secondary N) is 3. The molecule has 0 unspecified atom stereocenters. The van der Waals surface area contributed by atoms with Crippen LogP contribution in [0.1, 0.15) is 44.1 Å². The van der Waals surface area contributed by atoms with Crippen LogP contribution in [0.2, 0.25) is 0 Å². The van der Waals surface area contributed by atoms with Crippen LogP contribution in [0, 0.1) is 5.82 Å². The maximum absolute atomic E-state index is 14.6. The van der Waals surface area contributed by atoms with Crippen LogP contribution in [0.4, 0.5) is 10.1 Å². The Morgan fingerprint density at radius 2 is 1.96 bits per heavy atom. The Balaban J connectivity index is 0.00000225. The normalized spacial score (nSPS) is 15.0. The fourth-order valence-electron chi connectivity index (χ4n) is 3.67. The molecule has 0 bridgehead atoms. The van der Waals surface area contributed by atoms with Gasteiger partial charge in [-0.25, -0.2) is 4.39 Å². The van der Waals surface area contributed by atoms with Gasteiger partial charge in [0.25, 0.3) is 5.91 Å². The number of hydrogen-bond acceptors (Lipinski definition) is 4. The van der Waals surface area contributed by atoms with E-state index in [2.05, 4.69) is 16.0 Å². The highest BCUT2D eigenvalue weighted by atomic mass is 35.5. The lowest BCUT2D eigenvalue weighted by Gasteiger charge is -2.19. The number of amides is 2. The number of carbonyl (C=O) groups excluding carboxylic acids is 2. The third kappa shape index (κ3) is 4.37. The quantitative estimate of drug-likeness (QED) is 0.707. The summed E-state index contributed by atoms with van der Waals surface area (Å²) in [5.74, 6) is -1.06. The smallest absolute Gasteiger partial charge is 0.261 e. The van der Waals surface area contributed by atoms with Crippen molar-refractivity contribution in [1.82, 2.24) is 10.6 Å². The molecule has 4 rings (SSSR count). The standard InChI is InChI=1S/C20H22FN3O2S.ClH/c21-19-14-7-8-22-10-13(14)5-6-15(19)24-18(25)11-23-20(26)17-9-12-3-1-2-4-16(12)27-17;/h5-6,9,22H,1-4,7-8,10-11H2,(H,23,26)(H,24,25);1H. The molecule has 5 nitrogen and oxygen atoms in total. The number of carbonyl (C=O) groups is 2. The number of thiophene rings is 1. The van der Waals surface area contributed by atoms with Crippen LogP contribution in [-0.4, -0.2) is 24.9 Å². The minimum absolute atomic E-state index is 0. The topological polar surface area (TPSA) is 70.2 Å². The number of aryl methyl sites for hydroxylation is 2. The van der Waals surface area contributed by atoms with E-state index in [0.717, 1.165) is 31.4 Å². The Morgan fingerprint density at radius 1 is 1.14 bits per heavy atom. The van der Waals surface area contributed by atoms with E-state index in [9.17, 15) is 14.0 Å². The van der Waals surface area contributed by atoms with E-state index >= 15 is 0 Å². The zero-order valence-electron chi connectivity index (χ0n) is 15.4. The second-order valence-corrected chi connectivity index (χ2v) is 8.13. The van der Waals surface area contributed by atoms with Crippen molar-refractivity contribution in [3.05, 3.63) is 50.5 Å². The van der Waals surface area contributed by atoms with Crippen LogP contribution >= 0.6 is 23.7 Å². The molecule has 0 saturated carbocycles. The molecule has 150 valence electrons. The Morgan fingerprint density at radius 3 is 2.79 bits per heavy atom. The van der Waals surface area contributed by atoms with E-state index in [4.69, 9.17) is 0 Å². The largest absolute Gasteiger partial charge is 0.342 e. The zero-order chi connectivity index (χ0) is 18.8. The van der Waals surface area contributed by atoms with E-state index in [1.807, 2.05) is 12.1 Å². The molecule has 2 aliphatic rings. The summed E-state index contributed by atoms with van der Waals surface area (Å²) >= 11 is 1.51. The van der Waals surface area contributed by atoms with Gasteiger partial charge in [0.1, 0.15) is 5.82 Å². The van der Waals surface area contributed by atoms with Gasteiger partial charge < -0.3 is 16.0 Å². The van der Waals surface area contributed by atoms with Gasteiger partial charge >= 0.3 is 0 Å². The molecular formula is C20H23ClFN3O2S. The Hall–Kier alpha value is -1.96. The summed E-state index contributed by atoms with van der Waals surface area (Å²) < 4.78 is 14.6. The van der Waals surface area contributed by atoms with Gasteiger partial charge in [0.2, 0.25) is 5.91 Å². The monoisotopic (exact) mass is 423 g/mol. The van der Waals surface area contributed by atoms with Crippen molar-refractivity contribution < 1.29 is 14.0 Å². The van der Waals surface area contributed by atoms with Gasteiger partial charge in [-0.3, -0.25) is 9.59 Å². The van der Waals surface area contributed by atoms with E-state index in [1.54, 1.807) is 6.07 Å². The minimum Gasteiger partial charge on any atom is -0.342 e. The first-order valence-corrected chi connectivity index (χ1v) is 10.1. The highest BCUT2D eigenvalue weighted by molar-refractivity contribution is 7.14. The Kier molecular flexibility index (Phi) is 6.69. The first-order chi connectivity index (χ1) is 13.1. The van der Waals surface area contributed by atoms with Crippen LogP contribution in [0.3, 0.4) is 0 Å². The summed E-state index contributed by atoms with van der Waals surface area (Å²) in [7, 11) is 0. The van der Waals surface area contributed by atoms with Gasteiger partial charge in [-0.2, -0.15) is 0 Å². The third-order valence-electron chi connectivity index (χ3n) is 5.11.